The van der Waals surface area contributed by atoms with Gasteiger partial charge in [-0.05, 0) is 62.4 Å². The van der Waals surface area contributed by atoms with Crippen molar-refractivity contribution in [2.45, 2.75) is 77.0 Å². The second kappa shape index (κ2) is 12.3. The monoisotopic (exact) mass is 670 g/mol. The number of aromatic nitrogens is 3. The summed E-state index contributed by atoms with van der Waals surface area (Å²) in [5.74, 6) is -1.01. The van der Waals surface area contributed by atoms with Crippen molar-refractivity contribution in [3.8, 4) is 21.0 Å². The van der Waals surface area contributed by atoms with Crippen LogP contribution in [0.5, 0.6) is 0 Å². The van der Waals surface area contributed by atoms with Crippen LogP contribution in [-0.2, 0) is 22.9 Å². The molecule has 3 heterocycles. The average molecular weight is 671 g/mol. The number of carboxylic acids is 1. The van der Waals surface area contributed by atoms with Crippen LogP contribution in [0.3, 0.4) is 0 Å². The molecule has 2 aromatic heterocycles. The van der Waals surface area contributed by atoms with E-state index in [0.717, 1.165) is 33.8 Å². The van der Waals surface area contributed by atoms with E-state index in [0.29, 0.717) is 27.0 Å². The van der Waals surface area contributed by atoms with Crippen molar-refractivity contribution in [2.75, 3.05) is 6.26 Å². The summed E-state index contributed by atoms with van der Waals surface area (Å²) in [7, 11) is 0. The first-order valence-electron chi connectivity index (χ1n) is 14.4. The molecule has 0 spiro atoms. The Balaban J connectivity index is 1.56. The molecule has 242 valence electrons. The summed E-state index contributed by atoms with van der Waals surface area (Å²) in [6, 6.07) is 8.02. The smallest absolute Gasteiger partial charge is 0.416 e. The van der Waals surface area contributed by atoms with Gasteiger partial charge >= 0.3 is 18.2 Å². The maximum Gasteiger partial charge on any atom is 0.416 e. The van der Waals surface area contributed by atoms with Gasteiger partial charge in [0.2, 0.25) is 0 Å². The molecule has 13 heteroatoms. The van der Waals surface area contributed by atoms with Gasteiger partial charge in [0.05, 0.1) is 40.0 Å². The Morgan fingerprint density at radius 3 is 2.41 bits per heavy atom. The molecule has 0 aliphatic carbocycles. The second-order valence-electron chi connectivity index (χ2n) is 12.3. The fourth-order valence-corrected chi connectivity index (χ4v) is 7.19. The number of ether oxygens (including phenoxy) is 1. The lowest BCUT2D eigenvalue weighted by Gasteiger charge is -2.23. The van der Waals surface area contributed by atoms with Crippen molar-refractivity contribution in [1.82, 2.24) is 19.9 Å². The first-order chi connectivity index (χ1) is 21.5. The van der Waals surface area contributed by atoms with E-state index in [-0.39, 0.29) is 17.7 Å². The van der Waals surface area contributed by atoms with Gasteiger partial charge in [0.15, 0.2) is 5.16 Å². The predicted octanol–water partition coefficient (Wildman–Crippen LogP) is 8.70. The van der Waals surface area contributed by atoms with Crippen LogP contribution >= 0.6 is 23.1 Å². The Hall–Kier alpha value is -3.97. The van der Waals surface area contributed by atoms with E-state index in [2.05, 4.69) is 4.98 Å². The zero-order valence-electron chi connectivity index (χ0n) is 26.3. The molecule has 1 amide bonds. The number of amides is 1. The number of carbonyl (C=O) groups is 2. The van der Waals surface area contributed by atoms with Crippen molar-refractivity contribution in [1.29, 1.82) is 0 Å². The SMILES string of the molecule is CSc1ncc(-c2sc(-c3ccc(C(=O)O)cc3C)nc2C(C)(C)C)c(CN2C(=O)O[C@H](c3cc(C)cc(C(F)(F)F)c3)[C@@H]2C)n1. The van der Waals surface area contributed by atoms with Crippen LogP contribution in [0, 0.1) is 13.8 Å². The van der Waals surface area contributed by atoms with Crippen molar-refractivity contribution in [2.24, 2.45) is 0 Å². The number of cyclic esters (lactones) is 1. The number of aryl methyl sites for hydroxylation is 2. The third-order valence-electron chi connectivity index (χ3n) is 7.78. The highest BCUT2D eigenvalue weighted by molar-refractivity contribution is 7.98. The molecule has 1 fully saturated rings. The summed E-state index contributed by atoms with van der Waals surface area (Å²) < 4.78 is 46.4. The highest BCUT2D eigenvalue weighted by atomic mass is 32.2. The van der Waals surface area contributed by atoms with Gasteiger partial charge in [0.1, 0.15) is 11.1 Å². The number of carboxylic acid groups (broad SMARTS) is 1. The summed E-state index contributed by atoms with van der Waals surface area (Å²) in [5, 5.41) is 10.6. The normalized spacial score (nSPS) is 17.0. The number of hydrogen-bond acceptors (Lipinski definition) is 8. The molecule has 4 aromatic rings. The lowest BCUT2D eigenvalue weighted by atomic mass is 9.89. The summed E-state index contributed by atoms with van der Waals surface area (Å²) in [6.07, 6.45) is -2.55. The fourth-order valence-electron chi connectivity index (χ4n) is 5.43. The van der Waals surface area contributed by atoms with E-state index < -0.39 is 41.4 Å². The van der Waals surface area contributed by atoms with E-state index >= 15 is 0 Å². The lowest BCUT2D eigenvalue weighted by Crippen LogP contribution is -2.32. The molecule has 46 heavy (non-hydrogen) atoms. The number of thiazole rings is 1. The summed E-state index contributed by atoms with van der Waals surface area (Å²) >= 11 is 2.77. The number of halogens is 3. The minimum atomic E-state index is -4.54. The van der Waals surface area contributed by atoms with Gasteiger partial charge in [-0.1, -0.05) is 50.2 Å². The molecule has 2 atom stereocenters. The number of nitrogens with zero attached hydrogens (tertiary/aromatic N) is 4. The van der Waals surface area contributed by atoms with E-state index in [1.165, 1.54) is 28.0 Å². The van der Waals surface area contributed by atoms with E-state index in [1.54, 1.807) is 44.3 Å². The van der Waals surface area contributed by atoms with Crippen LogP contribution in [0.1, 0.15) is 77.8 Å². The van der Waals surface area contributed by atoms with Crippen LogP contribution in [0.25, 0.3) is 21.0 Å². The van der Waals surface area contributed by atoms with Crippen molar-refractivity contribution < 1.29 is 32.6 Å². The summed E-state index contributed by atoms with van der Waals surface area (Å²) in [6.45, 7) is 11.3. The molecule has 1 aliphatic rings. The molecular formula is C33H33F3N4O4S2. The van der Waals surface area contributed by atoms with Crippen LogP contribution in [0.4, 0.5) is 18.0 Å². The topological polar surface area (TPSA) is 106 Å². The Kier molecular flexibility index (Phi) is 8.95. The highest BCUT2D eigenvalue weighted by Gasteiger charge is 2.42. The number of alkyl halides is 3. The molecule has 2 aromatic carbocycles. The second-order valence-corrected chi connectivity index (χ2v) is 14.1. The van der Waals surface area contributed by atoms with Gasteiger partial charge in [-0.15, -0.1) is 11.3 Å². The molecule has 5 rings (SSSR count). The number of carbonyl (C=O) groups excluding carboxylic acids is 1. The third kappa shape index (κ3) is 6.61. The van der Waals surface area contributed by atoms with Gasteiger partial charge in [-0.25, -0.2) is 24.5 Å². The van der Waals surface area contributed by atoms with Crippen LogP contribution in [-0.4, -0.2) is 49.3 Å². The standard InChI is InChI=1S/C33H33F3N4O4S2/c1-16-10-20(13-21(11-16)33(34,35)36)25-18(3)40(31(43)44-25)15-24-23(14-37-30(38-24)45-7)26-27(32(4,5)6)39-28(46-26)22-9-8-19(29(41)42)12-17(22)2/h8-14,18,25H,15H2,1-7H3,(H,41,42)/t18-,25-/m0/s1. The molecule has 0 saturated carbocycles. The third-order valence-corrected chi connectivity index (χ3v) is 9.47. The Morgan fingerprint density at radius 1 is 1.09 bits per heavy atom. The fraction of sp³-hybridized carbons (Fsp3) is 0.364. The van der Waals surface area contributed by atoms with E-state index in [1.807, 2.05) is 34.0 Å². The number of benzene rings is 2. The molecule has 1 N–H and O–H groups in total. The molecular weight excluding hydrogens is 638 g/mol. The molecule has 0 unspecified atom stereocenters. The first-order valence-corrected chi connectivity index (χ1v) is 16.4. The number of rotatable bonds is 7. The van der Waals surface area contributed by atoms with Crippen molar-refractivity contribution in [3.05, 3.63) is 81.8 Å². The predicted molar refractivity (Wildman–Crippen MR) is 171 cm³/mol. The number of hydrogen-bond donors (Lipinski definition) is 1. The maximum atomic E-state index is 13.6. The van der Waals surface area contributed by atoms with E-state index in [4.69, 9.17) is 14.7 Å². The minimum Gasteiger partial charge on any atom is -0.478 e. The Labute approximate surface area is 273 Å². The van der Waals surface area contributed by atoms with Gasteiger partial charge < -0.3 is 9.84 Å². The Bertz CT molecular complexity index is 1830. The van der Waals surface area contributed by atoms with E-state index in [9.17, 15) is 27.9 Å². The molecule has 1 aliphatic heterocycles. The maximum absolute atomic E-state index is 13.6. The molecule has 0 bridgehead atoms. The van der Waals surface area contributed by atoms with Crippen molar-refractivity contribution in [3.63, 3.8) is 0 Å². The summed E-state index contributed by atoms with van der Waals surface area (Å²) in [5.41, 5.74) is 3.23. The average Bonchev–Trinajstić information content (AvgIpc) is 3.54. The highest BCUT2D eigenvalue weighted by Crippen LogP contribution is 2.44. The van der Waals surface area contributed by atoms with Gasteiger partial charge in [-0.2, -0.15) is 13.2 Å². The lowest BCUT2D eigenvalue weighted by molar-refractivity contribution is -0.137. The largest absolute Gasteiger partial charge is 0.478 e. The zero-order chi connectivity index (χ0) is 33.7. The van der Waals surface area contributed by atoms with Gasteiger partial charge in [0, 0.05) is 22.7 Å². The number of aromatic carboxylic acids is 1. The molecule has 8 nitrogen and oxygen atoms in total. The molecule has 0 radical (unpaired) electrons. The summed E-state index contributed by atoms with van der Waals surface area (Å²) in [4.78, 5) is 41.4. The van der Waals surface area contributed by atoms with Crippen LogP contribution in [0.15, 0.2) is 47.8 Å². The first kappa shape index (κ1) is 33.4. The quantitative estimate of drug-likeness (QED) is 0.154. The van der Waals surface area contributed by atoms with Crippen LogP contribution in [0.2, 0.25) is 0 Å². The molecule has 1 saturated heterocycles. The van der Waals surface area contributed by atoms with Crippen molar-refractivity contribution >= 4 is 35.2 Å². The van der Waals surface area contributed by atoms with Crippen LogP contribution < -0.4 is 0 Å². The Morgan fingerprint density at radius 2 is 1.80 bits per heavy atom. The van der Waals surface area contributed by atoms with Gasteiger partial charge in [-0.3, -0.25) is 4.90 Å². The van der Waals surface area contributed by atoms with Gasteiger partial charge in [0.25, 0.3) is 0 Å². The zero-order valence-corrected chi connectivity index (χ0v) is 27.9. The minimum absolute atomic E-state index is 0.0308. The number of thioether (sulfide) groups is 1.